The van der Waals surface area contributed by atoms with Crippen LogP contribution in [0, 0.1) is 11.8 Å². The zero-order chi connectivity index (χ0) is 22.2. The molecule has 2 aromatic carbocycles. The van der Waals surface area contributed by atoms with Crippen molar-refractivity contribution in [2.24, 2.45) is 11.8 Å². The smallest absolute Gasteiger partial charge is 0.251 e. The van der Waals surface area contributed by atoms with E-state index in [-0.39, 0.29) is 35.5 Å². The molecule has 5 rings (SSSR count). The Kier molecular flexibility index (Phi) is 5.13. The normalized spacial score (nSPS) is 21.2. The molecule has 8 nitrogen and oxygen atoms in total. The molecule has 2 atom stereocenters. The van der Waals surface area contributed by atoms with E-state index in [0.717, 1.165) is 30.4 Å². The quantitative estimate of drug-likeness (QED) is 0.594. The number of rotatable bonds is 4. The Morgan fingerprint density at radius 1 is 0.750 bits per heavy atom. The third-order valence-corrected chi connectivity index (χ3v) is 6.62. The van der Waals surface area contributed by atoms with Crippen LogP contribution < -0.4 is 21.3 Å². The first kappa shape index (κ1) is 20.2. The van der Waals surface area contributed by atoms with Gasteiger partial charge in [-0.05, 0) is 43.5 Å². The highest BCUT2D eigenvalue weighted by Crippen LogP contribution is 2.33. The second-order valence-electron chi connectivity index (χ2n) is 8.57. The average molecular weight is 432 g/mol. The van der Waals surface area contributed by atoms with Gasteiger partial charge in [0.15, 0.2) is 0 Å². The molecule has 0 aromatic heterocycles. The Morgan fingerprint density at radius 2 is 1.22 bits per heavy atom. The van der Waals surface area contributed by atoms with Crippen LogP contribution in [0.4, 0.5) is 11.4 Å². The summed E-state index contributed by atoms with van der Waals surface area (Å²) in [6.45, 7) is 0.804. The SMILES string of the molecule is O=C1NCc2c(NC(=O)C3CCCC(C(=O)Nc4cccc5c4CNC5=O)C3)cccc21. The molecule has 2 aliphatic heterocycles. The highest BCUT2D eigenvalue weighted by Gasteiger charge is 2.33. The molecule has 4 N–H and O–H groups in total. The lowest BCUT2D eigenvalue weighted by Crippen LogP contribution is -2.33. The van der Waals surface area contributed by atoms with E-state index in [1.807, 2.05) is 0 Å². The first-order valence-corrected chi connectivity index (χ1v) is 10.9. The first-order chi connectivity index (χ1) is 15.5. The molecule has 2 heterocycles. The number of carbonyl (C=O) groups is 4. The predicted octanol–water partition coefficient (Wildman–Crippen LogP) is 2.56. The molecule has 1 saturated carbocycles. The third kappa shape index (κ3) is 3.62. The van der Waals surface area contributed by atoms with Gasteiger partial charge in [0.1, 0.15) is 0 Å². The summed E-state index contributed by atoms with van der Waals surface area (Å²) in [7, 11) is 0. The summed E-state index contributed by atoms with van der Waals surface area (Å²) >= 11 is 0. The second-order valence-corrected chi connectivity index (χ2v) is 8.57. The van der Waals surface area contributed by atoms with E-state index in [0.29, 0.717) is 42.0 Å². The number of carbonyl (C=O) groups excluding carboxylic acids is 4. The fourth-order valence-electron chi connectivity index (χ4n) is 4.88. The summed E-state index contributed by atoms with van der Waals surface area (Å²) in [6, 6.07) is 10.6. The number of anilines is 2. The van der Waals surface area contributed by atoms with E-state index in [4.69, 9.17) is 0 Å². The molecule has 0 bridgehead atoms. The van der Waals surface area contributed by atoms with Gasteiger partial charge in [-0.25, -0.2) is 0 Å². The molecule has 0 spiro atoms. The molecule has 8 heteroatoms. The number of fused-ring (bicyclic) bond motifs is 2. The standard InChI is InChI=1S/C24H24N4O4/c29-21(27-19-8-2-6-15-17(19)11-25-23(15)31)13-4-1-5-14(10-13)22(30)28-20-9-3-7-16-18(20)12-26-24(16)32/h2-3,6-9,13-14H,1,4-5,10-12H2,(H,25,31)(H,26,32)(H,27,29)(H,28,30). The molecule has 0 radical (unpaired) electrons. The minimum Gasteiger partial charge on any atom is -0.348 e. The van der Waals surface area contributed by atoms with Crippen LogP contribution in [-0.4, -0.2) is 23.6 Å². The van der Waals surface area contributed by atoms with Gasteiger partial charge in [0, 0.05) is 58.6 Å². The monoisotopic (exact) mass is 432 g/mol. The summed E-state index contributed by atoms with van der Waals surface area (Å²) in [4.78, 5) is 49.7. The Labute approximate surface area is 185 Å². The summed E-state index contributed by atoms with van der Waals surface area (Å²) in [5, 5.41) is 11.5. The lowest BCUT2D eigenvalue weighted by molar-refractivity contribution is -0.124. The van der Waals surface area contributed by atoms with E-state index < -0.39 is 0 Å². The lowest BCUT2D eigenvalue weighted by atomic mass is 9.80. The van der Waals surface area contributed by atoms with Crippen molar-refractivity contribution in [3.8, 4) is 0 Å². The fourth-order valence-corrected chi connectivity index (χ4v) is 4.88. The van der Waals surface area contributed by atoms with Gasteiger partial charge in [0.25, 0.3) is 11.8 Å². The molecule has 4 amide bonds. The van der Waals surface area contributed by atoms with E-state index in [1.165, 1.54) is 0 Å². The molecular weight excluding hydrogens is 408 g/mol. The molecule has 1 aliphatic carbocycles. The van der Waals surface area contributed by atoms with Gasteiger partial charge in [0.2, 0.25) is 11.8 Å². The van der Waals surface area contributed by atoms with Crippen LogP contribution in [0.3, 0.4) is 0 Å². The highest BCUT2D eigenvalue weighted by atomic mass is 16.2. The van der Waals surface area contributed by atoms with Crippen molar-refractivity contribution >= 4 is 35.0 Å². The average Bonchev–Trinajstić information content (AvgIpc) is 3.38. The van der Waals surface area contributed by atoms with Gasteiger partial charge < -0.3 is 21.3 Å². The van der Waals surface area contributed by atoms with Crippen molar-refractivity contribution in [1.82, 2.24) is 10.6 Å². The summed E-state index contributed by atoms with van der Waals surface area (Å²) in [5.41, 5.74) is 4.08. The largest absolute Gasteiger partial charge is 0.348 e. The van der Waals surface area contributed by atoms with Crippen molar-refractivity contribution in [3.63, 3.8) is 0 Å². The molecule has 164 valence electrons. The Balaban J connectivity index is 1.25. The molecule has 2 unspecified atom stereocenters. The Morgan fingerprint density at radius 3 is 1.69 bits per heavy atom. The fraction of sp³-hybridized carbons (Fsp3) is 0.333. The van der Waals surface area contributed by atoms with Crippen molar-refractivity contribution in [1.29, 1.82) is 0 Å². The lowest BCUT2D eigenvalue weighted by Gasteiger charge is -2.28. The number of hydrogen-bond donors (Lipinski definition) is 4. The molecule has 2 aromatic rings. The van der Waals surface area contributed by atoms with E-state index in [9.17, 15) is 19.2 Å². The Bertz CT molecular complexity index is 1060. The van der Waals surface area contributed by atoms with Crippen molar-refractivity contribution in [3.05, 3.63) is 58.7 Å². The second kappa shape index (κ2) is 8.11. The van der Waals surface area contributed by atoms with Gasteiger partial charge in [0.05, 0.1) is 0 Å². The van der Waals surface area contributed by atoms with E-state index >= 15 is 0 Å². The topological polar surface area (TPSA) is 116 Å². The van der Waals surface area contributed by atoms with Crippen molar-refractivity contribution < 1.29 is 19.2 Å². The number of amides is 4. The van der Waals surface area contributed by atoms with E-state index in [1.54, 1.807) is 36.4 Å². The summed E-state index contributed by atoms with van der Waals surface area (Å²) in [5.74, 6) is -1.05. The van der Waals surface area contributed by atoms with Crippen LogP contribution in [0.2, 0.25) is 0 Å². The zero-order valence-corrected chi connectivity index (χ0v) is 17.5. The maximum atomic E-state index is 13.0. The van der Waals surface area contributed by atoms with E-state index in [2.05, 4.69) is 21.3 Å². The van der Waals surface area contributed by atoms with Crippen LogP contribution in [0.1, 0.15) is 57.5 Å². The molecule has 3 aliphatic rings. The maximum Gasteiger partial charge on any atom is 0.251 e. The summed E-state index contributed by atoms with van der Waals surface area (Å²) in [6.07, 6.45) is 2.70. The summed E-state index contributed by atoms with van der Waals surface area (Å²) < 4.78 is 0. The number of hydrogen-bond acceptors (Lipinski definition) is 4. The van der Waals surface area contributed by atoms with Gasteiger partial charge in [-0.2, -0.15) is 0 Å². The minimum absolute atomic E-state index is 0.120. The van der Waals surface area contributed by atoms with Crippen LogP contribution in [0.15, 0.2) is 36.4 Å². The molecule has 32 heavy (non-hydrogen) atoms. The predicted molar refractivity (Wildman–Crippen MR) is 118 cm³/mol. The number of benzene rings is 2. The molecular formula is C24H24N4O4. The Hall–Kier alpha value is -3.68. The van der Waals surface area contributed by atoms with Crippen molar-refractivity contribution in [2.45, 2.75) is 38.8 Å². The van der Waals surface area contributed by atoms with Gasteiger partial charge >= 0.3 is 0 Å². The van der Waals surface area contributed by atoms with Crippen LogP contribution in [-0.2, 0) is 22.7 Å². The van der Waals surface area contributed by atoms with Crippen LogP contribution in [0.5, 0.6) is 0 Å². The van der Waals surface area contributed by atoms with Gasteiger partial charge in [-0.15, -0.1) is 0 Å². The first-order valence-electron chi connectivity index (χ1n) is 10.9. The van der Waals surface area contributed by atoms with Gasteiger partial charge in [-0.1, -0.05) is 18.6 Å². The third-order valence-electron chi connectivity index (χ3n) is 6.62. The van der Waals surface area contributed by atoms with Crippen LogP contribution >= 0.6 is 0 Å². The zero-order valence-electron chi connectivity index (χ0n) is 17.5. The number of nitrogens with one attached hydrogen (secondary N) is 4. The van der Waals surface area contributed by atoms with Gasteiger partial charge in [-0.3, -0.25) is 19.2 Å². The molecule has 0 saturated heterocycles. The van der Waals surface area contributed by atoms with Crippen molar-refractivity contribution in [2.75, 3.05) is 10.6 Å². The maximum absolute atomic E-state index is 13.0. The highest BCUT2D eigenvalue weighted by molar-refractivity contribution is 6.03. The molecule has 1 fully saturated rings. The minimum atomic E-state index is -0.273. The van der Waals surface area contributed by atoms with Crippen LogP contribution in [0.25, 0.3) is 0 Å².